The molecule has 21 heavy (non-hydrogen) atoms. The topological polar surface area (TPSA) is 30.5 Å². The molecule has 1 aromatic rings. The van der Waals surface area contributed by atoms with Crippen molar-refractivity contribution in [3.8, 4) is 11.5 Å². The van der Waals surface area contributed by atoms with Gasteiger partial charge in [-0.25, -0.2) is 0 Å². The van der Waals surface area contributed by atoms with Gasteiger partial charge in [-0.1, -0.05) is 27.2 Å². The molecule has 0 fully saturated rings. The molecule has 0 saturated carbocycles. The van der Waals surface area contributed by atoms with Crippen LogP contribution < -0.4 is 14.8 Å². The van der Waals surface area contributed by atoms with E-state index in [0.29, 0.717) is 6.04 Å². The van der Waals surface area contributed by atoms with Gasteiger partial charge in [-0.3, -0.25) is 0 Å². The Morgan fingerprint density at radius 3 is 2.29 bits per heavy atom. The Morgan fingerprint density at radius 1 is 1.05 bits per heavy atom. The molecule has 0 amide bonds. The Labute approximate surface area is 130 Å². The molecule has 0 radical (unpaired) electrons. The van der Waals surface area contributed by atoms with Crippen LogP contribution in [0.5, 0.6) is 11.5 Å². The largest absolute Gasteiger partial charge is 0.497 e. The molecule has 0 bridgehead atoms. The average Bonchev–Trinajstić information content (AvgIpc) is 2.52. The second-order valence-electron chi connectivity index (χ2n) is 5.85. The van der Waals surface area contributed by atoms with Gasteiger partial charge in [-0.05, 0) is 43.9 Å². The van der Waals surface area contributed by atoms with Crippen LogP contribution in [0.3, 0.4) is 0 Å². The average molecular weight is 293 g/mol. The number of methoxy groups -OCH3 is 2. The third-order valence-corrected chi connectivity index (χ3v) is 4.27. The van der Waals surface area contributed by atoms with Gasteiger partial charge in [0.15, 0.2) is 0 Å². The molecule has 1 rings (SSSR count). The fraction of sp³-hybridized carbons (Fsp3) is 0.667. The molecule has 3 atom stereocenters. The molecule has 0 spiro atoms. The number of rotatable bonds is 9. The van der Waals surface area contributed by atoms with Crippen LogP contribution >= 0.6 is 0 Å². The first kappa shape index (κ1) is 17.8. The summed E-state index contributed by atoms with van der Waals surface area (Å²) < 4.78 is 10.8. The third kappa shape index (κ3) is 5.24. The van der Waals surface area contributed by atoms with Gasteiger partial charge in [0.25, 0.3) is 0 Å². The minimum Gasteiger partial charge on any atom is -0.497 e. The zero-order valence-corrected chi connectivity index (χ0v) is 14.4. The minimum absolute atomic E-state index is 0.240. The smallest absolute Gasteiger partial charge is 0.123 e. The maximum absolute atomic E-state index is 5.49. The summed E-state index contributed by atoms with van der Waals surface area (Å²) in [6.45, 7) is 9.01. The van der Waals surface area contributed by atoms with Crippen molar-refractivity contribution in [2.45, 2.75) is 59.0 Å². The summed E-state index contributed by atoms with van der Waals surface area (Å²) in [4.78, 5) is 0. The quantitative estimate of drug-likeness (QED) is 0.723. The molecule has 0 aliphatic rings. The summed E-state index contributed by atoms with van der Waals surface area (Å²) in [6, 6.07) is 6.75. The summed E-state index contributed by atoms with van der Waals surface area (Å²) in [5, 5.41) is 3.74. The zero-order valence-electron chi connectivity index (χ0n) is 14.4. The predicted octanol–water partition coefficient (Wildman–Crippen LogP) is 4.57. The highest BCUT2D eigenvalue weighted by Crippen LogP contribution is 2.30. The van der Waals surface area contributed by atoms with Gasteiger partial charge in [0, 0.05) is 17.6 Å². The standard InChI is InChI=1S/C18H31NO2/c1-7-13(3)11-15(8-2)19-14(4)17-12-16(20-5)9-10-18(17)21-6/h9-10,12-15,19H,7-8,11H2,1-6H3. The number of benzene rings is 1. The molecule has 3 heteroatoms. The lowest BCUT2D eigenvalue weighted by molar-refractivity contribution is 0.348. The lowest BCUT2D eigenvalue weighted by atomic mass is 9.96. The van der Waals surface area contributed by atoms with Crippen LogP contribution in [0, 0.1) is 5.92 Å². The van der Waals surface area contributed by atoms with Crippen LogP contribution in [0.4, 0.5) is 0 Å². The van der Waals surface area contributed by atoms with E-state index in [9.17, 15) is 0 Å². The number of hydrogen-bond acceptors (Lipinski definition) is 3. The zero-order chi connectivity index (χ0) is 15.8. The molecule has 3 unspecified atom stereocenters. The summed E-state index contributed by atoms with van der Waals surface area (Å²) in [6.07, 6.45) is 3.58. The maximum atomic E-state index is 5.49. The molecule has 1 N–H and O–H groups in total. The monoisotopic (exact) mass is 293 g/mol. The van der Waals surface area contributed by atoms with Crippen molar-refractivity contribution in [1.82, 2.24) is 5.32 Å². The van der Waals surface area contributed by atoms with Gasteiger partial charge in [-0.15, -0.1) is 0 Å². The van der Waals surface area contributed by atoms with Crippen molar-refractivity contribution < 1.29 is 9.47 Å². The molecular formula is C18H31NO2. The fourth-order valence-electron chi connectivity index (χ4n) is 2.63. The van der Waals surface area contributed by atoms with Crippen molar-refractivity contribution in [2.75, 3.05) is 14.2 Å². The molecule has 1 aromatic carbocycles. The van der Waals surface area contributed by atoms with E-state index in [1.54, 1.807) is 14.2 Å². The van der Waals surface area contributed by atoms with Crippen molar-refractivity contribution in [2.24, 2.45) is 5.92 Å². The summed E-state index contributed by atoms with van der Waals surface area (Å²) in [7, 11) is 3.41. The van der Waals surface area contributed by atoms with Crippen LogP contribution in [0.2, 0.25) is 0 Å². The summed E-state index contributed by atoms with van der Waals surface area (Å²) >= 11 is 0. The van der Waals surface area contributed by atoms with E-state index in [2.05, 4.69) is 39.1 Å². The van der Waals surface area contributed by atoms with Gasteiger partial charge in [0.1, 0.15) is 11.5 Å². The normalized spacial score (nSPS) is 15.3. The Morgan fingerprint density at radius 2 is 1.76 bits per heavy atom. The summed E-state index contributed by atoms with van der Waals surface area (Å²) in [5.74, 6) is 2.53. The molecular weight excluding hydrogens is 262 g/mol. The number of ether oxygens (including phenoxy) is 2. The third-order valence-electron chi connectivity index (χ3n) is 4.27. The van der Waals surface area contributed by atoms with E-state index >= 15 is 0 Å². The van der Waals surface area contributed by atoms with Crippen molar-refractivity contribution in [3.63, 3.8) is 0 Å². The van der Waals surface area contributed by atoms with Crippen molar-refractivity contribution >= 4 is 0 Å². The summed E-state index contributed by atoms with van der Waals surface area (Å²) in [5.41, 5.74) is 1.15. The van der Waals surface area contributed by atoms with E-state index in [1.165, 1.54) is 12.8 Å². The first-order valence-electron chi connectivity index (χ1n) is 8.03. The predicted molar refractivity (Wildman–Crippen MR) is 89.2 cm³/mol. The van der Waals surface area contributed by atoms with Crippen molar-refractivity contribution in [3.05, 3.63) is 23.8 Å². The van der Waals surface area contributed by atoms with Gasteiger partial charge < -0.3 is 14.8 Å². The van der Waals surface area contributed by atoms with Gasteiger partial charge in [-0.2, -0.15) is 0 Å². The van der Waals surface area contributed by atoms with Crippen LogP contribution in [0.1, 0.15) is 58.6 Å². The maximum Gasteiger partial charge on any atom is 0.123 e. The van der Waals surface area contributed by atoms with Gasteiger partial charge in [0.05, 0.1) is 14.2 Å². The Balaban J connectivity index is 2.83. The molecule has 0 aliphatic heterocycles. The van der Waals surface area contributed by atoms with Crippen LogP contribution in [0.25, 0.3) is 0 Å². The number of nitrogens with one attached hydrogen (secondary N) is 1. The van der Waals surface area contributed by atoms with E-state index in [-0.39, 0.29) is 6.04 Å². The van der Waals surface area contributed by atoms with Crippen molar-refractivity contribution in [1.29, 1.82) is 0 Å². The highest BCUT2D eigenvalue weighted by Gasteiger charge is 2.17. The van der Waals surface area contributed by atoms with Gasteiger partial charge >= 0.3 is 0 Å². The Bertz CT molecular complexity index is 420. The number of hydrogen-bond donors (Lipinski definition) is 1. The highest BCUT2D eigenvalue weighted by atomic mass is 16.5. The van der Waals surface area contributed by atoms with E-state index in [0.717, 1.165) is 29.4 Å². The van der Waals surface area contributed by atoms with Crippen LogP contribution in [-0.4, -0.2) is 20.3 Å². The minimum atomic E-state index is 0.240. The molecule has 0 aromatic heterocycles. The van der Waals surface area contributed by atoms with E-state index in [4.69, 9.17) is 9.47 Å². The second-order valence-corrected chi connectivity index (χ2v) is 5.85. The first-order valence-corrected chi connectivity index (χ1v) is 8.03. The first-order chi connectivity index (χ1) is 10.0. The van der Waals surface area contributed by atoms with E-state index < -0.39 is 0 Å². The van der Waals surface area contributed by atoms with Gasteiger partial charge in [0.2, 0.25) is 0 Å². The Kier molecular flexibility index (Phi) is 7.58. The fourth-order valence-corrected chi connectivity index (χ4v) is 2.63. The Hall–Kier alpha value is -1.22. The van der Waals surface area contributed by atoms with E-state index in [1.807, 2.05) is 12.1 Å². The van der Waals surface area contributed by atoms with Crippen LogP contribution in [0.15, 0.2) is 18.2 Å². The molecule has 120 valence electrons. The highest BCUT2D eigenvalue weighted by molar-refractivity contribution is 5.42. The lowest BCUT2D eigenvalue weighted by Gasteiger charge is -2.26. The lowest BCUT2D eigenvalue weighted by Crippen LogP contribution is -2.32. The molecule has 0 heterocycles. The van der Waals surface area contributed by atoms with Crippen LogP contribution in [-0.2, 0) is 0 Å². The molecule has 3 nitrogen and oxygen atoms in total. The molecule has 0 aliphatic carbocycles. The SMILES string of the molecule is CCC(C)CC(CC)NC(C)c1cc(OC)ccc1OC. The molecule has 0 saturated heterocycles. The second kappa shape index (κ2) is 8.93.